The number of aryl methyl sites for hydroxylation is 1. The highest BCUT2D eigenvalue weighted by molar-refractivity contribution is 7.89. The molecule has 1 aliphatic heterocycles. The van der Waals surface area contributed by atoms with Gasteiger partial charge in [-0.3, -0.25) is 4.79 Å². The Labute approximate surface area is 187 Å². The van der Waals surface area contributed by atoms with Crippen molar-refractivity contribution in [3.8, 4) is 11.5 Å². The lowest BCUT2D eigenvalue weighted by Crippen LogP contribution is -2.45. The fourth-order valence-corrected chi connectivity index (χ4v) is 4.56. The zero-order chi connectivity index (χ0) is 22.6. The predicted molar refractivity (Wildman–Crippen MR) is 121 cm³/mol. The molecule has 1 amide bonds. The minimum absolute atomic E-state index is 0.105. The predicted octanol–water partition coefficient (Wildman–Crippen LogP) is 3.29. The first-order valence-corrected chi connectivity index (χ1v) is 11.7. The van der Waals surface area contributed by atoms with Crippen LogP contribution < -0.4 is 19.5 Å². The third-order valence-corrected chi connectivity index (χ3v) is 6.53. The van der Waals surface area contributed by atoms with Crippen molar-refractivity contribution in [2.45, 2.75) is 24.3 Å². The first kappa shape index (κ1) is 21.9. The third-order valence-electron chi connectivity index (χ3n) is 5.04. The molecular weight excluding hydrogens is 428 g/mol. The highest BCUT2D eigenvalue weighted by Gasteiger charge is 2.26. The molecule has 0 radical (unpaired) electrons. The van der Waals surface area contributed by atoms with Gasteiger partial charge in [0.25, 0.3) is 0 Å². The van der Waals surface area contributed by atoms with Gasteiger partial charge in [-0.05, 0) is 43.2 Å². The van der Waals surface area contributed by atoms with Crippen molar-refractivity contribution >= 4 is 21.6 Å². The summed E-state index contributed by atoms with van der Waals surface area (Å²) in [4.78, 5) is 13.2. The molecule has 0 fully saturated rings. The van der Waals surface area contributed by atoms with Crippen LogP contribution in [-0.4, -0.2) is 33.6 Å². The monoisotopic (exact) mass is 452 g/mol. The van der Waals surface area contributed by atoms with E-state index in [1.165, 1.54) is 12.1 Å². The zero-order valence-electron chi connectivity index (χ0n) is 17.6. The maximum atomic E-state index is 13.1. The average molecular weight is 453 g/mol. The molecule has 0 unspecified atom stereocenters. The first-order chi connectivity index (χ1) is 15.4. The van der Waals surface area contributed by atoms with Crippen molar-refractivity contribution in [1.29, 1.82) is 0 Å². The molecule has 166 valence electrons. The van der Waals surface area contributed by atoms with Crippen LogP contribution in [0.25, 0.3) is 0 Å². The van der Waals surface area contributed by atoms with Crippen LogP contribution in [0.5, 0.6) is 11.5 Å². The molecule has 3 aromatic rings. The summed E-state index contributed by atoms with van der Waals surface area (Å²) in [5, 5.41) is 2.79. The van der Waals surface area contributed by atoms with Crippen molar-refractivity contribution < 1.29 is 22.7 Å². The molecular formula is C24H24N2O5S. The van der Waals surface area contributed by atoms with E-state index in [9.17, 15) is 13.2 Å². The number of amides is 1. The topological polar surface area (TPSA) is 93.7 Å². The Morgan fingerprint density at radius 2 is 1.62 bits per heavy atom. The number of hydrogen-bond donors (Lipinski definition) is 2. The third kappa shape index (κ3) is 5.27. The molecule has 0 bridgehead atoms. The molecule has 4 rings (SSSR count). The molecule has 0 spiro atoms. The summed E-state index contributed by atoms with van der Waals surface area (Å²) in [6, 6.07) is 19.8. The van der Waals surface area contributed by atoms with E-state index in [4.69, 9.17) is 9.47 Å². The Balaban J connectivity index is 1.57. The van der Waals surface area contributed by atoms with Crippen molar-refractivity contribution in [3.63, 3.8) is 0 Å². The standard InChI is InChI=1S/C24H24N2O5S/c1-17-7-10-20(11-8-17)32(28,29)26-21(15-18-5-3-2-4-6-18)24(27)25-19-9-12-22-23(16-19)31-14-13-30-22/h2-12,16,21,26H,13-15H2,1H3,(H,25,27)/t21-/m0/s1. The number of carbonyl (C=O) groups is 1. The van der Waals surface area contributed by atoms with Crippen LogP contribution in [0.4, 0.5) is 5.69 Å². The van der Waals surface area contributed by atoms with Crippen LogP contribution in [0, 0.1) is 6.92 Å². The first-order valence-electron chi connectivity index (χ1n) is 10.2. The normalized spacial score (nSPS) is 13.9. The van der Waals surface area contributed by atoms with Gasteiger partial charge >= 0.3 is 0 Å². The van der Waals surface area contributed by atoms with Crippen LogP contribution in [0.1, 0.15) is 11.1 Å². The second kappa shape index (κ2) is 9.42. The summed E-state index contributed by atoms with van der Waals surface area (Å²) in [6.45, 7) is 2.78. The number of rotatable bonds is 7. The van der Waals surface area contributed by atoms with E-state index in [1.807, 2.05) is 37.3 Å². The number of fused-ring (bicyclic) bond motifs is 1. The number of nitrogens with one attached hydrogen (secondary N) is 2. The summed E-state index contributed by atoms with van der Waals surface area (Å²) in [6.07, 6.45) is 0.197. The van der Waals surface area contributed by atoms with Gasteiger partial charge in [0.05, 0.1) is 4.90 Å². The van der Waals surface area contributed by atoms with Gasteiger partial charge in [0.2, 0.25) is 15.9 Å². The highest BCUT2D eigenvalue weighted by atomic mass is 32.2. The molecule has 1 aliphatic rings. The van der Waals surface area contributed by atoms with Crippen LogP contribution in [0.2, 0.25) is 0 Å². The van der Waals surface area contributed by atoms with Gasteiger partial charge in [-0.15, -0.1) is 0 Å². The van der Waals surface area contributed by atoms with Gasteiger partial charge in [0, 0.05) is 11.8 Å². The van der Waals surface area contributed by atoms with Crippen LogP contribution in [-0.2, 0) is 21.2 Å². The fraction of sp³-hybridized carbons (Fsp3) is 0.208. The second-order valence-corrected chi connectivity index (χ2v) is 9.24. The molecule has 1 atom stereocenters. The van der Waals surface area contributed by atoms with E-state index in [0.717, 1.165) is 11.1 Å². The van der Waals surface area contributed by atoms with Gasteiger partial charge in [0.1, 0.15) is 19.3 Å². The summed E-state index contributed by atoms with van der Waals surface area (Å²) in [7, 11) is -3.90. The molecule has 0 aliphatic carbocycles. The van der Waals surface area contributed by atoms with Gasteiger partial charge < -0.3 is 14.8 Å². The molecule has 2 N–H and O–H groups in total. The second-order valence-electron chi connectivity index (χ2n) is 7.52. The molecule has 32 heavy (non-hydrogen) atoms. The maximum Gasteiger partial charge on any atom is 0.242 e. The molecule has 3 aromatic carbocycles. The molecule has 0 aromatic heterocycles. The lowest BCUT2D eigenvalue weighted by atomic mass is 10.1. The van der Waals surface area contributed by atoms with Crippen LogP contribution >= 0.6 is 0 Å². The van der Waals surface area contributed by atoms with E-state index in [1.54, 1.807) is 30.3 Å². The summed E-state index contributed by atoms with van der Waals surface area (Å²) < 4.78 is 39.6. The molecule has 7 nitrogen and oxygen atoms in total. The fourth-order valence-electron chi connectivity index (χ4n) is 3.36. The Kier molecular flexibility index (Phi) is 6.43. The largest absolute Gasteiger partial charge is 0.486 e. The number of ether oxygens (including phenoxy) is 2. The van der Waals surface area contributed by atoms with Crippen molar-refractivity contribution in [1.82, 2.24) is 4.72 Å². The van der Waals surface area contributed by atoms with E-state index in [0.29, 0.717) is 30.4 Å². The SMILES string of the molecule is Cc1ccc(S(=O)(=O)N[C@@H](Cc2ccccc2)C(=O)Nc2ccc3c(c2)OCCO3)cc1. The zero-order valence-corrected chi connectivity index (χ0v) is 18.4. The van der Waals surface area contributed by atoms with Gasteiger partial charge in [-0.2, -0.15) is 4.72 Å². The van der Waals surface area contributed by atoms with Gasteiger partial charge in [0.15, 0.2) is 11.5 Å². The van der Waals surface area contributed by atoms with Crippen LogP contribution in [0.3, 0.4) is 0 Å². The molecule has 0 saturated heterocycles. The number of benzene rings is 3. The number of anilines is 1. The Morgan fingerprint density at radius 1 is 0.938 bits per heavy atom. The summed E-state index contributed by atoms with van der Waals surface area (Å²) in [5.74, 6) is 0.672. The van der Waals surface area contributed by atoms with Crippen LogP contribution in [0.15, 0.2) is 77.7 Å². The quantitative estimate of drug-likeness (QED) is 0.574. The van der Waals surface area contributed by atoms with Crippen molar-refractivity contribution in [2.24, 2.45) is 0 Å². The highest BCUT2D eigenvalue weighted by Crippen LogP contribution is 2.32. The van der Waals surface area contributed by atoms with E-state index < -0.39 is 22.0 Å². The van der Waals surface area contributed by atoms with Crippen molar-refractivity contribution in [2.75, 3.05) is 18.5 Å². The average Bonchev–Trinajstić information content (AvgIpc) is 2.79. The maximum absolute atomic E-state index is 13.1. The number of carbonyl (C=O) groups excluding carboxylic acids is 1. The van der Waals surface area contributed by atoms with Gasteiger partial charge in [-0.1, -0.05) is 48.0 Å². The number of hydrogen-bond acceptors (Lipinski definition) is 5. The van der Waals surface area contributed by atoms with E-state index in [-0.39, 0.29) is 11.3 Å². The smallest absolute Gasteiger partial charge is 0.242 e. The lowest BCUT2D eigenvalue weighted by molar-refractivity contribution is -0.117. The summed E-state index contributed by atoms with van der Waals surface area (Å²) >= 11 is 0. The number of sulfonamides is 1. The molecule has 1 heterocycles. The Morgan fingerprint density at radius 3 is 2.34 bits per heavy atom. The van der Waals surface area contributed by atoms with Gasteiger partial charge in [-0.25, -0.2) is 8.42 Å². The summed E-state index contributed by atoms with van der Waals surface area (Å²) in [5.41, 5.74) is 2.27. The minimum Gasteiger partial charge on any atom is -0.486 e. The lowest BCUT2D eigenvalue weighted by Gasteiger charge is -2.21. The Bertz CT molecular complexity index is 1190. The minimum atomic E-state index is -3.90. The molecule has 8 heteroatoms. The molecule has 0 saturated carbocycles. The Hall–Kier alpha value is -3.36. The van der Waals surface area contributed by atoms with E-state index in [2.05, 4.69) is 10.0 Å². The van der Waals surface area contributed by atoms with E-state index >= 15 is 0 Å². The van der Waals surface area contributed by atoms with Crippen molar-refractivity contribution in [3.05, 3.63) is 83.9 Å².